The van der Waals surface area contributed by atoms with Crippen molar-refractivity contribution < 1.29 is 9.84 Å². The van der Waals surface area contributed by atoms with Crippen LogP contribution in [0.1, 0.15) is 35.4 Å². The molecule has 0 amide bonds. The van der Waals surface area contributed by atoms with Crippen molar-refractivity contribution in [1.82, 2.24) is 14.5 Å². The van der Waals surface area contributed by atoms with Gasteiger partial charge in [-0.2, -0.15) is 0 Å². The van der Waals surface area contributed by atoms with Gasteiger partial charge in [0, 0.05) is 12.6 Å². The molecule has 3 rings (SSSR count). The lowest BCUT2D eigenvalue weighted by atomic mass is 9.89. The molecule has 1 fully saturated rings. The van der Waals surface area contributed by atoms with Gasteiger partial charge in [-0.15, -0.1) is 5.10 Å². The SMILES string of the molecule is Cc1ccccc1O[C@@H]1CCC[C@H](N(C)Cc2snnc2C)[C@H]1O. The highest BCUT2D eigenvalue weighted by Crippen LogP contribution is 2.29. The van der Waals surface area contributed by atoms with Gasteiger partial charge in [-0.05, 0) is 63.3 Å². The first-order chi connectivity index (χ1) is 11.6. The number of aromatic nitrogens is 2. The van der Waals surface area contributed by atoms with Gasteiger partial charge in [-0.1, -0.05) is 22.7 Å². The quantitative estimate of drug-likeness (QED) is 0.901. The minimum absolute atomic E-state index is 0.0919. The molecule has 3 atom stereocenters. The van der Waals surface area contributed by atoms with Crippen LogP contribution in [0.4, 0.5) is 0 Å². The van der Waals surface area contributed by atoms with Gasteiger partial charge in [-0.3, -0.25) is 4.90 Å². The van der Waals surface area contributed by atoms with E-state index >= 15 is 0 Å². The molecule has 6 heteroatoms. The average Bonchev–Trinajstić information content (AvgIpc) is 2.96. The van der Waals surface area contributed by atoms with Crippen molar-refractivity contribution in [1.29, 1.82) is 0 Å². The smallest absolute Gasteiger partial charge is 0.126 e. The number of aliphatic hydroxyl groups excluding tert-OH is 1. The molecule has 0 bridgehead atoms. The zero-order valence-corrected chi connectivity index (χ0v) is 15.3. The summed E-state index contributed by atoms with van der Waals surface area (Å²) in [5, 5.41) is 14.9. The summed E-state index contributed by atoms with van der Waals surface area (Å²) in [5.74, 6) is 0.868. The molecule has 0 spiro atoms. The van der Waals surface area contributed by atoms with E-state index in [1.165, 1.54) is 11.5 Å². The third-order valence-corrected chi connectivity index (χ3v) is 5.65. The van der Waals surface area contributed by atoms with Crippen LogP contribution >= 0.6 is 11.5 Å². The molecule has 1 aromatic carbocycles. The molecule has 2 aromatic rings. The van der Waals surface area contributed by atoms with Gasteiger partial charge in [0.05, 0.1) is 10.6 Å². The van der Waals surface area contributed by atoms with Crippen LogP contribution in [0.25, 0.3) is 0 Å². The lowest BCUT2D eigenvalue weighted by molar-refractivity contribution is -0.0492. The lowest BCUT2D eigenvalue weighted by Gasteiger charge is -2.39. The van der Waals surface area contributed by atoms with Crippen LogP contribution in [0, 0.1) is 13.8 Å². The fourth-order valence-electron chi connectivity index (χ4n) is 3.32. The summed E-state index contributed by atoms with van der Waals surface area (Å²) in [5.41, 5.74) is 2.08. The van der Waals surface area contributed by atoms with Crippen LogP contribution in [-0.2, 0) is 6.54 Å². The second-order valence-corrected chi connectivity index (χ2v) is 7.45. The maximum atomic E-state index is 10.9. The van der Waals surface area contributed by atoms with Crippen LogP contribution in [-0.4, -0.2) is 44.9 Å². The second kappa shape index (κ2) is 7.59. The number of benzene rings is 1. The average molecular weight is 347 g/mol. The Kier molecular flexibility index (Phi) is 5.48. The first kappa shape index (κ1) is 17.3. The normalized spacial score (nSPS) is 24.3. The highest BCUT2D eigenvalue weighted by Gasteiger charge is 2.36. The standard InChI is InChI=1S/C18H25N3O2S/c1-12-7-4-5-9-15(12)23-16-10-6-8-14(18(16)22)21(3)11-17-13(2)19-20-24-17/h4-5,7,9,14,16,18,22H,6,8,10-11H2,1-3H3/t14-,16+,18+/m0/s1. The van der Waals surface area contributed by atoms with E-state index in [0.29, 0.717) is 0 Å². The molecule has 0 radical (unpaired) electrons. The van der Waals surface area contributed by atoms with Gasteiger partial charge in [0.1, 0.15) is 18.0 Å². The summed E-state index contributed by atoms with van der Waals surface area (Å²) in [6.45, 7) is 4.78. The fraction of sp³-hybridized carbons (Fsp3) is 0.556. The summed E-state index contributed by atoms with van der Waals surface area (Å²) in [7, 11) is 2.06. The zero-order chi connectivity index (χ0) is 17.1. The van der Waals surface area contributed by atoms with Crippen LogP contribution in [0.2, 0.25) is 0 Å². The van der Waals surface area contributed by atoms with Crippen molar-refractivity contribution in [3.63, 3.8) is 0 Å². The molecule has 0 aliphatic heterocycles. The van der Waals surface area contributed by atoms with Crippen molar-refractivity contribution in [3.8, 4) is 5.75 Å². The third-order valence-electron chi connectivity index (χ3n) is 4.84. The molecule has 5 nitrogen and oxygen atoms in total. The number of ether oxygens (including phenoxy) is 1. The number of hydrogen-bond acceptors (Lipinski definition) is 6. The molecular formula is C18H25N3O2S. The molecule has 1 saturated carbocycles. The molecule has 1 heterocycles. The molecule has 1 N–H and O–H groups in total. The second-order valence-electron chi connectivity index (χ2n) is 6.61. The number of aliphatic hydroxyl groups is 1. The third kappa shape index (κ3) is 3.77. The van der Waals surface area contributed by atoms with E-state index in [1.54, 1.807) is 0 Å². The van der Waals surface area contributed by atoms with Crippen LogP contribution < -0.4 is 4.74 Å². The number of nitrogens with zero attached hydrogens (tertiary/aromatic N) is 3. The van der Waals surface area contributed by atoms with Gasteiger partial charge in [0.25, 0.3) is 0 Å². The summed E-state index contributed by atoms with van der Waals surface area (Å²) < 4.78 is 10.1. The molecule has 1 aliphatic carbocycles. The fourth-order valence-corrected chi connectivity index (χ4v) is 4.01. The van der Waals surface area contributed by atoms with Crippen molar-refractivity contribution in [3.05, 3.63) is 40.4 Å². The summed E-state index contributed by atoms with van der Waals surface area (Å²) >= 11 is 1.43. The number of hydrogen-bond donors (Lipinski definition) is 1. The van der Waals surface area contributed by atoms with E-state index in [9.17, 15) is 5.11 Å². The van der Waals surface area contributed by atoms with Crippen molar-refractivity contribution in [2.24, 2.45) is 0 Å². The Labute approximate surface area is 147 Å². The Hall–Kier alpha value is -1.50. The largest absolute Gasteiger partial charge is 0.487 e. The Morgan fingerprint density at radius 2 is 2.08 bits per heavy atom. The Morgan fingerprint density at radius 3 is 2.79 bits per heavy atom. The van der Waals surface area contributed by atoms with Crippen molar-refractivity contribution >= 4 is 11.5 Å². The van der Waals surface area contributed by atoms with Gasteiger partial charge in [0.2, 0.25) is 0 Å². The first-order valence-electron chi connectivity index (χ1n) is 8.44. The van der Waals surface area contributed by atoms with Gasteiger partial charge in [0.15, 0.2) is 0 Å². The van der Waals surface area contributed by atoms with Gasteiger partial charge in [-0.25, -0.2) is 0 Å². The lowest BCUT2D eigenvalue weighted by Crippen LogP contribution is -2.51. The van der Waals surface area contributed by atoms with Gasteiger partial charge >= 0.3 is 0 Å². The minimum Gasteiger partial charge on any atom is -0.487 e. The molecule has 1 aromatic heterocycles. The summed E-state index contributed by atoms with van der Waals surface area (Å²) in [4.78, 5) is 3.37. The van der Waals surface area contributed by atoms with Crippen LogP contribution in [0.3, 0.4) is 0 Å². The van der Waals surface area contributed by atoms with Crippen LogP contribution in [0.15, 0.2) is 24.3 Å². The summed E-state index contributed by atoms with van der Waals surface area (Å²) in [6, 6.07) is 8.08. The van der Waals surface area contributed by atoms with Crippen molar-refractivity contribution in [2.45, 2.75) is 57.9 Å². The molecule has 0 unspecified atom stereocenters. The first-order valence-corrected chi connectivity index (χ1v) is 9.22. The maximum absolute atomic E-state index is 10.9. The highest BCUT2D eigenvalue weighted by molar-refractivity contribution is 7.05. The molecular weight excluding hydrogens is 322 g/mol. The van der Waals surface area contributed by atoms with Crippen LogP contribution in [0.5, 0.6) is 5.75 Å². The topological polar surface area (TPSA) is 58.5 Å². The number of aryl methyl sites for hydroxylation is 2. The van der Waals surface area contributed by atoms with Gasteiger partial charge < -0.3 is 9.84 Å². The van der Waals surface area contributed by atoms with E-state index in [-0.39, 0.29) is 12.1 Å². The Balaban J connectivity index is 1.67. The van der Waals surface area contributed by atoms with E-state index in [0.717, 1.165) is 47.7 Å². The Morgan fingerprint density at radius 1 is 1.29 bits per heavy atom. The molecule has 0 saturated heterocycles. The van der Waals surface area contributed by atoms with E-state index in [1.807, 2.05) is 38.1 Å². The van der Waals surface area contributed by atoms with E-state index in [2.05, 4.69) is 21.5 Å². The predicted octanol–water partition coefficient (Wildman–Crippen LogP) is 2.95. The monoisotopic (exact) mass is 347 g/mol. The summed E-state index contributed by atoms with van der Waals surface area (Å²) in [6.07, 6.45) is 2.28. The zero-order valence-electron chi connectivity index (χ0n) is 14.5. The number of likely N-dealkylation sites (N-methyl/N-ethyl adjacent to an activating group) is 1. The number of rotatable bonds is 5. The maximum Gasteiger partial charge on any atom is 0.126 e. The molecule has 24 heavy (non-hydrogen) atoms. The van der Waals surface area contributed by atoms with Crippen molar-refractivity contribution in [2.75, 3.05) is 7.05 Å². The molecule has 1 aliphatic rings. The van der Waals surface area contributed by atoms with E-state index < -0.39 is 6.10 Å². The Bertz CT molecular complexity index is 676. The molecule has 130 valence electrons. The minimum atomic E-state index is -0.496. The highest BCUT2D eigenvalue weighted by atomic mass is 32.1. The predicted molar refractivity (Wildman–Crippen MR) is 95.4 cm³/mol. The van der Waals surface area contributed by atoms with E-state index in [4.69, 9.17) is 4.74 Å². The number of para-hydroxylation sites is 1.